The monoisotopic (exact) mass is 434 g/mol. The van der Waals surface area contributed by atoms with Crippen LogP contribution in [-0.2, 0) is 26.2 Å². The molecule has 0 aromatic heterocycles. The fraction of sp³-hybridized carbons (Fsp3) is 0.519. The van der Waals surface area contributed by atoms with E-state index in [4.69, 9.17) is 0 Å². The van der Waals surface area contributed by atoms with Gasteiger partial charge in [0.05, 0.1) is 0 Å². The molecule has 2 amide bonds. The summed E-state index contributed by atoms with van der Waals surface area (Å²) in [6, 6.07) is 17.1. The third kappa shape index (κ3) is 7.35. The van der Waals surface area contributed by atoms with E-state index in [-0.39, 0.29) is 6.03 Å². The Morgan fingerprint density at radius 3 is 1.28 bits per heavy atom. The van der Waals surface area contributed by atoms with Crippen molar-refractivity contribution in [2.24, 2.45) is 0 Å². The maximum absolute atomic E-state index is 12.2. The Hall–Kier alpha value is -2.37. The molecule has 2 N–H and O–H groups in total. The number of nitrogens with zero attached hydrogens (tertiary/aromatic N) is 2. The van der Waals surface area contributed by atoms with Gasteiger partial charge in [-0.2, -0.15) is 0 Å². The number of likely N-dealkylation sites (tertiary alicyclic amines) is 2. The number of piperidine rings is 2. The fourth-order valence-electron chi connectivity index (χ4n) is 4.70. The molecular weight excluding hydrogens is 396 g/mol. The van der Waals surface area contributed by atoms with Crippen LogP contribution in [0.3, 0.4) is 0 Å². The molecule has 2 fully saturated rings. The summed E-state index contributed by atoms with van der Waals surface area (Å²) in [5, 5.41) is 5.94. The van der Waals surface area contributed by atoms with E-state index in [1.807, 2.05) is 0 Å². The highest BCUT2D eigenvalue weighted by molar-refractivity contribution is 5.73. The standard InChI is InChI=1S/C27H38N4O/c32-27(28-19-23-7-11-25(12-8-23)21-30-15-3-1-4-16-30)29-20-24-9-13-26(14-10-24)22-31-17-5-2-6-18-31/h7-14H,1-6,15-22H2,(H2,28,29,32). The van der Waals surface area contributed by atoms with Gasteiger partial charge in [-0.1, -0.05) is 61.4 Å². The van der Waals surface area contributed by atoms with Crippen LogP contribution in [0.1, 0.15) is 60.8 Å². The molecular formula is C27H38N4O. The second kappa shape index (κ2) is 12.0. The van der Waals surface area contributed by atoms with Crippen molar-refractivity contribution in [3.8, 4) is 0 Å². The SMILES string of the molecule is O=C(NCc1ccc(CN2CCCCC2)cc1)NCc1ccc(CN2CCCCC2)cc1. The minimum Gasteiger partial charge on any atom is -0.334 e. The van der Waals surface area contributed by atoms with E-state index in [2.05, 4.69) is 69.0 Å². The van der Waals surface area contributed by atoms with Crippen LogP contribution in [0.5, 0.6) is 0 Å². The van der Waals surface area contributed by atoms with Crippen LogP contribution in [0.2, 0.25) is 0 Å². The summed E-state index contributed by atoms with van der Waals surface area (Å²) in [6.07, 6.45) is 8.01. The number of hydrogen-bond acceptors (Lipinski definition) is 3. The lowest BCUT2D eigenvalue weighted by Gasteiger charge is -2.26. The largest absolute Gasteiger partial charge is 0.334 e. The molecule has 2 aliphatic heterocycles. The lowest BCUT2D eigenvalue weighted by molar-refractivity contribution is 0.221. The Balaban J connectivity index is 1.15. The third-order valence-corrected chi connectivity index (χ3v) is 6.66. The first-order valence-corrected chi connectivity index (χ1v) is 12.4. The molecule has 32 heavy (non-hydrogen) atoms. The highest BCUT2D eigenvalue weighted by Gasteiger charge is 2.11. The van der Waals surface area contributed by atoms with Gasteiger partial charge in [-0.15, -0.1) is 0 Å². The minimum absolute atomic E-state index is 0.125. The third-order valence-electron chi connectivity index (χ3n) is 6.66. The lowest BCUT2D eigenvalue weighted by atomic mass is 10.1. The molecule has 2 aromatic rings. The quantitative estimate of drug-likeness (QED) is 0.635. The zero-order chi connectivity index (χ0) is 22.0. The van der Waals surface area contributed by atoms with Crippen LogP contribution in [0, 0.1) is 0 Å². The Morgan fingerprint density at radius 2 is 0.906 bits per heavy atom. The molecule has 0 atom stereocenters. The maximum Gasteiger partial charge on any atom is 0.315 e. The van der Waals surface area contributed by atoms with Crippen molar-refractivity contribution in [2.75, 3.05) is 26.2 Å². The molecule has 2 aliphatic rings. The molecule has 0 bridgehead atoms. The molecule has 0 radical (unpaired) electrons. The number of amides is 2. The summed E-state index contributed by atoms with van der Waals surface area (Å²) in [6.45, 7) is 8.01. The smallest absolute Gasteiger partial charge is 0.315 e. The van der Waals surface area contributed by atoms with Crippen LogP contribution in [0.15, 0.2) is 48.5 Å². The summed E-state index contributed by atoms with van der Waals surface area (Å²) in [7, 11) is 0. The van der Waals surface area contributed by atoms with Crippen molar-refractivity contribution in [1.29, 1.82) is 0 Å². The van der Waals surface area contributed by atoms with Crippen molar-refractivity contribution in [2.45, 2.75) is 64.7 Å². The summed E-state index contributed by atoms with van der Waals surface area (Å²) in [5.74, 6) is 0. The molecule has 2 aromatic carbocycles. The second-order valence-electron chi connectivity index (χ2n) is 9.34. The first-order chi connectivity index (χ1) is 15.7. The zero-order valence-electron chi connectivity index (χ0n) is 19.3. The van der Waals surface area contributed by atoms with Gasteiger partial charge in [-0.05, 0) is 74.1 Å². The van der Waals surface area contributed by atoms with E-state index in [0.717, 1.165) is 24.2 Å². The first kappa shape index (κ1) is 22.8. The molecule has 0 spiro atoms. The molecule has 0 aliphatic carbocycles. The minimum atomic E-state index is -0.125. The Kier molecular flexibility index (Phi) is 8.57. The van der Waals surface area contributed by atoms with Crippen LogP contribution in [0.4, 0.5) is 4.79 Å². The van der Waals surface area contributed by atoms with Gasteiger partial charge in [-0.3, -0.25) is 9.80 Å². The normalized spacial score (nSPS) is 17.8. The molecule has 2 heterocycles. The van der Waals surface area contributed by atoms with Crippen molar-refractivity contribution >= 4 is 6.03 Å². The van der Waals surface area contributed by atoms with Gasteiger partial charge in [0.1, 0.15) is 0 Å². The number of carbonyl (C=O) groups excluding carboxylic acids is 1. The van der Waals surface area contributed by atoms with Gasteiger partial charge < -0.3 is 10.6 Å². The fourth-order valence-corrected chi connectivity index (χ4v) is 4.70. The molecule has 5 nitrogen and oxygen atoms in total. The summed E-state index contributed by atoms with van der Waals surface area (Å²) < 4.78 is 0. The predicted molar refractivity (Wildman–Crippen MR) is 130 cm³/mol. The molecule has 2 saturated heterocycles. The average molecular weight is 435 g/mol. The highest BCUT2D eigenvalue weighted by atomic mass is 16.2. The van der Waals surface area contributed by atoms with Gasteiger partial charge >= 0.3 is 6.03 Å². The van der Waals surface area contributed by atoms with Gasteiger partial charge in [0.25, 0.3) is 0 Å². The first-order valence-electron chi connectivity index (χ1n) is 12.4. The molecule has 0 unspecified atom stereocenters. The topological polar surface area (TPSA) is 47.6 Å². The van der Waals surface area contributed by atoms with E-state index < -0.39 is 0 Å². The van der Waals surface area contributed by atoms with Gasteiger partial charge in [0.15, 0.2) is 0 Å². The molecule has 172 valence electrons. The molecule has 5 heteroatoms. The van der Waals surface area contributed by atoms with Crippen molar-refractivity contribution in [3.05, 3.63) is 70.8 Å². The highest BCUT2D eigenvalue weighted by Crippen LogP contribution is 2.15. The van der Waals surface area contributed by atoms with Crippen LogP contribution < -0.4 is 10.6 Å². The number of hydrogen-bond donors (Lipinski definition) is 2. The van der Waals surface area contributed by atoms with Gasteiger partial charge in [0.2, 0.25) is 0 Å². The summed E-state index contributed by atoms with van der Waals surface area (Å²) in [5.41, 5.74) is 4.96. The second-order valence-corrected chi connectivity index (χ2v) is 9.34. The molecule has 0 saturated carbocycles. The Labute approximate surface area is 193 Å². The summed E-state index contributed by atoms with van der Waals surface area (Å²) in [4.78, 5) is 17.3. The number of rotatable bonds is 8. The Bertz CT molecular complexity index is 752. The predicted octanol–water partition coefficient (Wildman–Crippen LogP) is 4.66. The van der Waals surface area contributed by atoms with Crippen LogP contribution in [0.25, 0.3) is 0 Å². The Morgan fingerprint density at radius 1 is 0.562 bits per heavy atom. The van der Waals surface area contributed by atoms with Crippen LogP contribution >= 0.6 is 0 Å². The number of carbonyl (C=O) groups is 1. The molecule has 4 rings (SSSR count). The average Bonchev–Trinajstić information content (AvgIpc) is 2.84. The van der Waals surface area contributed by atoms with E-state index in [0.29, 0.717) is 13.1 Å². The van der Waals surface area contributed by atoms with E-state index in [1.54, 1.807) is 0 Å². The van der Waals surface area contributed by atoms with Crippen LogP contribution in [-0.4, -0.2) is 42.0 Å². The van der Waals surface area contributed by atoms with Gasteiger partial charge in [-0.25, -0.2) is 4.79 Å². The van der Waals surface area contributed by atoms with E-state index in [9.17, 15) is 4.79 Å². The summed E-state index contributed by atoms with van der Waals surface area (Å²) >= 11 is 0. The number of benzene rings is 2. The van der Waals surface area contributed by atoms with E-state index in [1.165, 1.54) is 75.8 Å². The maximum atomic E-state index is 12.2. The van der Waals surface area contributed by atoms with Crippen molar-refractivity contribution in [3.63, 3.8) is 0 Å². The van der Waals surface area contributed by atoms with Crippen molar-refractivity contribution < 1.29 is 4.79 Å². The number of urea groups is 1. The zero-order valence-corrected chi connectivity index (χ0v) is 19.3. The van der Waals surface area contributed by atoms with Gasteiger partial charge in [0, 0.05) is 26.2 Å². The van der Waals surface area contributed by atoms with E-state index >= 15 is 0 Å². The lowest BCUT2D eigenvalue weighted by Crippen LogP contribution is -2.34. The number of nitrogens with one attached hydrogen (secondary N) is 2. The van der Waals surface area contributed by atoms with Crippen molar-refractivity contribution in [1.82, 2.24) is 20.4 Å².